The van der Waals surface area contributed by atoms with Gasteiger partial charge in [0, 0.05) is 33.9 Å². The molecule has 1 aliphatic rings. The van der Waals surface area contributed by atoms with Crippen molar-refractivity contribution in [3.63, 3.8) is 0 Å². The van der Waals surface area contributed by atoms with Gasteiger partial charge in [-0.25, -0.2) is 0 Å². The summed E-state index contributed by atoms with van der Waals surface area (Å²) in [7, 11) is 0. The highest BCUT2D eigenvalue weighted by Gasteiger charge is 2.32. The predicted molar refractivity (Wildman–Crippen MR) is 149 cm³/mol. The average molecular weight is 542 g/mol. The molecule has 1 saturated carbocycles. The summed E-state index contributed by atoms with van der Waals surface area (Å²) in [4.78, 5) is 30.0. The second-order valence-corrected chi connectivity index (χ2v) is 10.9. The number of nitrogens with one attached hydrogen (secondary N) is 1. The number of nitrogens with zero attached hydrogens (tertiary/aromatic N) is 1. The van der Waals surface area contributed by atoms with Gasteiger partial charge < -0.3 is 10.2 Å². The molecule has 0 radical (unpaired) electrons. The molecule has 4 rings (SSSR count). The predicted octanol–water partition coefficient (Wildman–Crippen LogP) is 6.78. The molecule has 3 aromatic rings. The Morgan fingerprint density at radius 2 is 1.58 bits per heavy atom. The maximum atomic E-state index is 13.7. The summed E-state index contributed by atoms with van der Waals surface area (Å²) in [5.74, 6) is -0.0197. The van der Waals surface area contributed by atoms with Crippen molar-refractivity contribution in [1.29, 1.82) is 0 Å². The van der Waals surface area contributed by atoms with Gasteiger partial charge in [0.25, 0.3) is 0 Å². The Labute approximate surface area is 227 Å². The number of carbonyl (C=O) groups is 2. The van der Waals surface area contributed by atoms with Crippen LogP contribution in [-0.2, 0) is 22.6 Å². The summed E-state index contributed by atoms with van der Waals surface area (Å²) in [6.45, 7) is 0.259. The minimum atomic E-state index is -0.650. The Hall–Kier alpha value is -2.47. The largest absolute Gasteiger partial charge is 0.352 e. The number of carbonyl (C=O) groups excluding carboxylic acids is 2. The highest BCUT2D eigenvalue weighted by molar-refractivity contribution is 8.00. The zero-order valence-corrected chi connectivity index (χ0v) is 22.4. The zero-order chi connectivity index (χ0) is 25.3. The molecule has 1 atom stereocenters. The number of amides is 2. The fourth-order valence-corrected chi connectivity index (χ4v) is 5.60. The fraction of sp³-hybridized carbons (Fsp3) is 0.310. The third-order valence-corrected chi connectivity index (χ3v) is 8.06. The number of benzene rings is 3. The van der Waals surface area contributed by atoms with Crippen LogP contribution >= 0.6 is 35.0 Å². The lowest BCUT2D eigenvalue weighted by Gasteiger charge is -2.32. The summed E-state index contributed by atoms with van der Waals surface area (Å²) in [5.41, 5.74) is 1.82. The highest BCUT2D eigenvalue weighted by atomic mass is 35.5. The van der Waals surface area contributed by atoms with E-state index in [1.807, 2.05) is 78.9 Å². The smallest absolute Gasteiger partial charge is 0.243 e. The highest BCUT2D eigenvalue weighted by Crippen LogP contribution is 2.25. The normalized spacial score (nSPS) is 14.4. The van der Waals surface area contributed by atoms with Crippen molar-refractivity contribution >= 4 is 46.8 Å². The van der Waals surface area contributed by atoms with Crippen LogP contribution < -0.4 is 5.32 Å². The van der Waals surface area contributed by atoms with Gasteiger partial charge in [0.15, 0.2) is 0 Å². The van der Waals surface area contributed by atoms with Crippen LogP contribution in [0.1, 0.15) is 36.8 Å². The molecule has 1 fully saturated rings. The molecule has 2 amide bonds. The lowest BCUT2D eigenvalue weighted by atomic mass is 10.0. The number of thioether (sulfide) groups is 1. The lowest BCUT2D eigenvalue weighted by Crippen LogP contribution is -2.52. The summed E-state index contributed by atoms with van der Waals surface area (Å²) >= 11 is 13.9. The van der Waals surface area contributed by atoms with Gasteiger partial charge in [-0.2, -0.15) is 0 Å². The van der Waals surface area contributed by atoms with Crippen molar-refractivity contribution in [1.82, 2.24) is 10.2 Å². The van der Waals surface area contributed by atoms with Crippen LogP contribution in [-0.4, -0.2) is 34.6 Å². The van der Waals surface area contributed by atoms with E-state index in [1.54, 1.807) is 4.90 Å². The van der Waals surface area contributed by atoms with Gasteiger partial charge in [-0.1, -0.05) is 84.6 Å². The molecule has 1 N–H and O–H groups in total. The number of hydrogen-bond acceptors (Lipinski definition) is 3. The number of hydrogen-bond donors (Lipinski definition) is 1. The van der Waals surface area contributed by atoms with Crippen molar-refractivity contribution in [2.75, 3.05) is 5.75 Å². The van der Waals surface area contributed by atoms with Gasteiger partial charge in [-0.15, -0.1) is 11.8 Å². The van der Waals surface area contributed by atoms with Crippen LogP contribution in [0.4, 0.5) is 0 Å². The molecule has 0 aromatic heterocycles. The van der Waals surface area contributed by atoms with Crippen LogP contribution in [0.15, 0.2) is 83.8 Å². The molecule has 0 heterocycles. The summed E-state index contributed by atoms with van der Waals surface area (Å²) in [6, 6.07) is 24.3. The first-order chi connectivity index (χ1) is 17.5. The standard InChI is InChI=1S/C29H30Cl2N2O2S/c30-23-14-16-25(17-15-23)36-20-28(34)33(19-22-10-4-7-13-26(22)31)27(18-21-8-2-1-3-9-21)29(35)32-24-11-5-6-12-24/h1-4,7-10,13-17,24,27H,5-6,11-12,18-20H2,(H,32,35)/t27-/m0/s1. The van der Waals surface area contributed by atoms with E-state index >= 15 is 0 Å². The van der Waals surface area contributed by atoms with E-state index < -0.39 is 6.04 Å². The minimum Gasteiger partial charge on any atom is -0.352 e. The molecule has 0 spiro atoms. The monoisotopic (exact) mass is 540 g/mol. The first-order valence-corrected chi connectivity index (χ1v) is 14.0. The third-order valence-electron chi connectivity index (χ3n) is 6.45. The van der Waals surface area contributed by atoms with Crippen LogP contribution in [0, 0.1) is 0 Å². The number of rotatable bonds is 10. The van der Waals surface area contributed by atoms with Crippen LogP contribution in [0.25, 0.3) is 0 Å². The fourth-order valence-electron chi connectivity index (χ4n) is 4.49. The zero-order valence-electron chi connectivity index (χ0n) is 20.0. The molecule has 36 heavy (non-hydrogen) atoms. The summed E-state index contributed by atoms with van der Waals surface area (Å²) < 4.78 is 0. The molecule has 0 bridgehead atoms. The summed E-state index contributed by atoms with van der Waals surface area (Å²) in [5, 5.41) is 4.46. The second kappa shape index (κ2) is 13.2. The van der Waals surface area contributed by atoms with Gasteiger partial charge in [0.2, 0.25) is 11.8 Å². The molecule has 1 aliphatic carbocycles. The van der Waals surface area contributed by atoms with E-state index in [-0.39, 0.29) is 30.2 Å². The van der Waals surface area contributed by atoms with Crippen molar-refractivity contribution in [2.24, 2.45) is 0 Å². The molecule has 0 unspecified atom stereocenters. The minimum absolute atomic E-state index is 0.109. The van der Waals surface area contributed by atoms with Crippen molar-refractivity contribution in [3.8, 4) is 0 Å². The van der Waals surface area contributed by atoms with E-state index in [9.17, 15) is 9.59 Å². The SMILES string of the molecule is O=C(NC1CCCC1)[C@H](Cc1ccccc1)N(Cc1ccccc1Cl)C(=O)CSc1ccc(Cl)cc1. The quantitative estimate of drug-likeness (QED) is 0.288. The molecule has 0 aliphatic heterocycles. The Kier molecular flexibility index (Phi) is 9.74. The molecule has 7 heteroatoms. The van der Waals surface area contributed by atoms with E-state index in [0.29, 0.717) is 16.5 Å². The average Bonchev–Trinajstić information content (AvgIpc) is 3.40. The van der Waals surface area contributed by atoms with Crippen molar-refractivity contribution in [2.45, 2.75) is 55.6 Å². The first kappa shape index (κ1) is 26.6. The third kappa shape index (κ3) is 7.52. The van der Waals surface area contributed by atoms with Gasteiger partial charge in [0.05, 0.1) is 5.75 Å². The first-order valence-electron chi connectivity index (χ1n) is 12.2. The molecule has 188 valence electrons. The lowest BCUT2D eigenvalue weighted by molar-refractivity contribution is -0.139. The van der Waals surface area contributed by atoms with Gasteiger partial charge >= 0.3 is 0 Å². The summed E-state index contributed by atoms with van der Waals surface area (Å²) in [6.07, 6.45) is 4.63. The number of halogens is 2. The van der Waals surface area contributed by atoms with E-state index in [1.165, 1.54) is 11.8 Å². The van der Waals surface area contributed by atoms with Crippen LogP contribution in [0.2, 0.25) is 10.0 Å². The topological polar surface area (TPSA) is 49.4 Å². The molecular formula is C29H30Cl2N2O2S. The van der Waals surface area contributed by atoms with Crippen LogP contribution in [0.3, 0.4) is 0 Å². The van der Waals surface area contributed by atoms with Crippen molar-refractivity contribution < 1.29 is 9.59 Å². The van der Waals surface area contributed by atoms with Crippen LogP contribution in [0.5, 0.6) is 0 Å². The molecular weight excluding hydrogens is 511 g/mol. The van der Waals surface area contributed by atoms with E-state index in [0.717, 1.165) is 41.7 Å². The molecule has 4 nitrogen and oxygen atoms in total. The Morgan fingerprint density at radius 1 is 0.917 bits per heavy atom. The Morgan fingerprint density at radius 3 is 2.28 bits per heavy atom. The maximum absolute atomic E-state index is 13.7. The Bertz CT molecular complexity index is 1150. The Balaban J connectivity index is 1.61. The van der Waals surface area contributed by atoms with Gasteiger partial charge in [0.1, 0.15) is 6.04 Å². The maximum Gasteiger partial charge on any atom is 0.243 e. The van der Waals surface area contributed by atoms with E-state index in [4.69, 9.17) is 23.2 Å². The van der Waals surface area contributed by atoms with Gasteiger partial charge in [-0.05, 0) is 54.3 Å². The van der Waals surface area contributed by atoms with Gasteiger partial charge in [-0.3, -0.25) is 9.59 Å². The molecule has 3 aromatic carbocycles. The second-order valence-electron chi connectivity index (χ2n) is 9.05. The van der Waals surface area contributed by atoms with Crippen molar-refractivity contribution in [3.05, 3.63) is 100 Å². The molecule has 0 saturated heterocycles. The van der Waals surface area contributed by atoms with E-state index in [2.05, 4.69) is 5.32 Å².